The smallest absolute Gasteiger partial charge is 0.221 e. The standard InChI is InChI=1S/C18H16N4O3/c1-11-2-4-14-15(10-11)21-22(20-14)16-5-3-13-12(17(16)24)6-7-19-18(13)25-9-8-23/h2-7,10,23-24H,8-9H2,1H3. The van der Waals surface area contributed by atoms with E-state index >= 15 is 0 Å². The third-order valence-corrected chi connectivity index (χ3v) is 3.94. The zero-order valence-corrected chi connectivity index (χ0v) is 13.5. The Bertz CT molecular complexity index is 1070. The quantitative estimate of drug-likeness (QED) is 0.594. The Morgan fingerprint density at radius 1 is 1.04 bits per heavy atom. The van der Waals surface area contributed by atoms with Gasteiger partial charge in [-0.25, -0.2) is 4.98 Å². The summed E-state index contributed by atoms with van der Waals surface area (Å²) in [5.74, 6) is 0.411. The number of aliphatic hydroxyl groups is 1. The lowest BCUT2D eigenvalue weighted by Gasteiger charge is -2.10. The van der Waals surface area contributed by atoms with Gasteiger partial charge in [0.25, 0.3) is 0 Å². The molecule has 0 bridgehead atoms. The summed E-state index contributed by atoms with van der Waals surface area (Å²) in [6, 6.07) is 11.0. The van der Waals surface area contributed by atoms with E-state index in [4.69, 9.17) is 9.84 Å². The fourth-order valence-electron chi connectivity index (χ4n) is 2.75. The zero-order valence-electron chi connectivity index (χ0n) is 13.5. The van der Waals surface area contributed by atoms with Gasteiger partial charge < -0.3 is 14.9 Å². The van der Waals surface area contributed by atoms with Crippen LogP contribution in [0.4, 0.5) is 0 Å². The van der Waals surface area contributed by atoms with Crippen molar-refractivity contribution < 1.29 is 14.9 Å². The number of aryl methyl sites for hydroxylation is 1. The second-order valence-electron chi connectivity index (χ2n) is 5.70. The van der Waals surface area contributed by atoms with Crippen molar-refractivity contribution in [2.75, 3.05) is 13.2 Å². The van der Waals surface area contributed by atoms with Crippen LogP contribution < -0.4 is 4.74 Å². The highest BCUT2D eigenvalue weighted by Crippen LogP contribution is 2.34. The maximum absolute atomic E-state index is 10.7. The van der Waals surface area contributed by atoms with Gasteiger partial charge in [0.15, 0.2) is 5.75 Å². The summed E-state index contributed by atoms with van der Waals surface area (Å²) in [5, 5.41) is 29.7. The molecular formula is C18H16N4O3. The zero-order chi connectivity index (χ0) is 17.4. The van der Waals surface area contributed by atoms with E-state index in [1.807, 2.05) is 25.1 Å². The van der Waals surface area contributed by atoms with E-state index in [0.29, 0.717) is 22.3 Å². The number of nitrogens with zero attached hydrogens (tertiary/aromatic N) is 4. The van der Waals surface area contributed by atoms with Crippen LogP contribution >= 0.6 is 0 Å². The summed E-state index contributed by atoms with van der Waals surface area (Å²) < 4.78 is 5.42. The molecule has 0 spiro atoms. The van der Waals surface area contributed by atoms with Crippen molar-refractivity contribution in [2.24, 2.45) is 0 Å². The van der Waals surface area contributed by atoms with Crippen molar-refractivity contribution in [2.45, 2.75) is 6.92 Å². The van der Waals surface area contributed by atoms with Gasteiger partial charge in [0.1, 0.15) is 23.3 Å². The molecule has 2 heterocycles. The lowest BCUT2D eigenvalue weighted by Crippen LogP contribution is -2.04. The second-order valence-corrected chi connectivity index (χ2v) is 5.70. The first kappa shape index (κ1) is 15.3. The fourth-order valence-corrected chi connectivity index (χ4v) is 2.75. The molecule has 4 aromatic rings. The SMILES string of the molecule is Cc1ccc2nn(-c3ccc4c(OCCO)nccc4c3O)nc2c1. The molecule has 0 aliphatic carbocycles. The van der Waals surface area contributed by atoms with Crippen molar-refractivity contribution >= 4 is 21.8 Å². The molecule has 2 aromatic carbocycles. The predicted molar refractivity (Wildman–Crippen MR) is 93.1 cm³/mol. The maximum atomic E-state index is 10.7. The summed E-state index contributed by atoms with van der Waals surface area (Å²) in [6.07, 6.45) is 1.55. The first-order chi connectivity index (χ1) is 12.2. The Balaban J connectivity index is 1.85. The lowest BCUT2D eigenvalue weighted by molar-refractivity contribution is 0.198. The van der Waals surface area contributed by atoms with Crippen molar-refractivity contribution in [3.63, 3.8) is 0 Å². The van der Waals surface area contributed by atoms with Gasteiger partial charge in [0.05, 0.1) is 6.61 Å². The molecule has 0 atom stereocenters. The van der Waals surface area contributed by atoms with E-state index in [-0.39, 0.29) is 19.0 Å². The topological polar surface area (TPSA) is 93.3 Å². The van der Waals surface area contributed by atoms with Crippen molar-refractivity contribution in [3.8, 4) is 17.3 Å². The molecule has 0 radical (unpaired) electrons. The summed E-state index contributed by atoms with van der Waals surface area (Å²) in [5.41, 5.74) is 3.09. The van der Waals surface area contributed by atoms with Crippen molar-refractivity contribution in [1.82, 2.24) is 20.0 Å². The van der Waals surface area contributed by atoms with Gasteiger partial charge in [-0.1, -0.05) is 6.07 Å². The largest absolute Gasteiger partial charge is 0.505 e. The predicted octanol–water partition coefficient (Wildman–Crippen LogP) is 2.35. The number of hydrogen-bond donors (Lipinski definition) is 2. The third-order valence-electron chi connectivity index (χ3n) is 3.94. The average molecular weight is 336 g/mol. The molecule has 0 fully saturated rings. The lowest BCUT2D eigenvalue weighted by atomic mass is 10.1. The fraction of sp³-hybridized carbons (Fsp3) is 0.167. The monoisotopic (exact) mass is 336 g/mol. The number of benzene rings is 2. The van der Waals surface area contributed by atoms with Crippen LogP contribution in [0.5, 0.6) is 11.6 Å². The number of hydrogen-bond acceptors (Lipinski definition) is 6. The molecule has 0 aliphatic rings. The van der Waals surface area contributed by atoms with Crippen LogP contribution in [0.1, 0.15) is 5.56 Å². The summed E-state index contributed by atoms with van der Waals surface area (Å²) in [6.45, 7) is 2.03. The number of pyridine rings is 1. The molecule has 2 aromatic heterocycles. The summed E-state index contributed by atoms with van der Waals surface area (Å²) in [7, 11) is 0. The molecule has 7 nitrogen and oxygen atoms in total. The van der Waals surface area contributed by atoms with Crippen LogP contribution in [0.3, 0.4) is 0 Å². The van der Waals surface area contributed by atoms with E-state index in [2.05, 4.69) is 15.2 Å². The van der Waals surface area contributed by atoms with E-state index in [1.165, 1.54) is 4.80 Å². The Hall–Kier alpha value is -3.19. The highest BCUT2D eigenvalue weighted by Gasteiger charge is 2.14. The molecule has 0 amide bonds. The van der Waals surface area contributed by atoms with Crippen LogP contribution in [0.2, 0.25) is 0 Å². The van der Waals surface area contributed by atoms with Crippen LogP contribution in [-0.4, -0.2) is 43.4 Å². The van der Waals surface area contributed by atoms with Crippen molar-refractivity contribution in [3.05, 3.63) is 48.2 Å². The number of phenolic OH excluding ortho intramolecular Hbond substituents is 1. The van der Waals surface area contributed by atoms with E-state index in [0.717, 1.165) is 16.6 Å². The molecule has 2 N–H and O–H groups in total. The van der Waals surface area contributed by atoms with Crippen LogP contribution in [0.25, 0.3) is 27.5 Å². The number of phenols is 1. The number of aromatic nitrogens is 4. The normalized spacial score (nSPS) is 11.3. The first-order valence-electron chi connectivity index (χ1n) is 7.86. The van der Waals surface area contributed by atoms with Gasteiger partial charge in [-0.05, 0) is 42.8 Å². The summed E-state index contributed by atoms with van der Waals surface area (Å²) in [4.78, 5) is 5.57. The number of fused-ring (bicyclic) bond motifs is 2. The molecule has 25 heavy (non-hydrogen) atoms. The molecule has 0 saturated carbocycles. The molecule has 0 aliphatic heterocycles. The minimum Gasteiger partial charge on any atom is -0.505 e. The molecule has 126 valence electrons. The highest BCUT2D eigenvalue weighted by atomic mass is 16.5. The minimum atomic E-state index is -0.106. The van der Waals surface area contributed by atoms with E-state index < -0.39 is 0 Å². The van der Waals surface area contributed by atoms with Gasteiger partial charge in [-0.2, -0.15) is 0 Å². The Morgan fingerprint density at radius 3 is 2.72 bits per heavy atom. The number of rotatable bonds is 4. The number of aliphatic hydroxyl groups excluding tert-OH is 1. The van der Waals surface area contributed by atoms with E-state index in [9.17, 15) is 5.11 Å². The number of aromatic hydroxyl groups is 1. The second kappa shape index (κ2) is 6.03. The molecular weight excluding hydrogens is 320 g/mol. The Morgan fingerprint density at radius 2 is 1.88 bits per heavy atom. The van der Waals surface area contributed by atoms with Gasteiger partial charge in [0.2, 0.25) is 5.88 Å². The van der Waals surface area contributed by atoms with Gasteiger partial charge in [-0.15, -0.1) is 15.0 Å². The maximum Gasteiger partial charge on any atom is 0.221 e. The molecule has 0 unspecified atom stereocenters. The third kappa shape index (κ3) is 2.64. The summed E-state index contributed by atoms with van der Waals surface area (Å²) >= 11 is 0. The average Bonchev–Trinajstić information content (AvgIpc) is 3.03. The van der Waals surface area contributed by atoms with Crippen LogP contribution in [0, 0.1) is 6.92 Å². The van der Waals surface area contributed by atoms with Gasteiger partial charge >= 0.3 is 0 Å². The molecule has 0 saturated heterocycles. The van der Waals surface area contributed by atoms with Crippen LogP contribution in [0.15, 0.2) is 42.6 Å². The molecule has 4 rings (SSSR count). The van der Waals surface area contributed by atoms with E-state index in [1.54, 1.807) is 24.4 Å². The van der Waals surface area contributed by atoms with Gasteiger partial charge in [0, 0.05) is 17.0 Å². The Labute approximate surface area is 143 Å². The molecule has 7 heteroatoms. The number of ether oxygens (including phenoxy) is 1. The Kier molecular flexibility index (Phi) is 3.70. The first-order valence-corrected chi connectivity index (χ1v) is 7.86. The van der Waals surface area contributed by atoms with Crippen LogP contribution in [-0.2, 0) is 0 Å². The minimum absolute atomic E-state index is 0.0470. The highest BCUT2D eigenvalue weighted by molar-refractivity contribution is 5.94. The van der Waals surface area contributed by atoms with Gasteiger partial charge in [-0.3, -0.25) is 0 Å². The van der Waals surface area contributed by atoms with Crippen molar-refractivity contribution in [1.29, 1.82) is 0 Å².